The second-order valence-electron chi connectivity index (χ2n) is 4.29. The van der Waals surface area contributed by atoms with Crippen LogP contribution >= 0.6 is 0 Å². The van der Waals surface area contributed by atoms with Gasteiger partial charge in [0.25, 0.3) is 0 Å². The van der Waals surface area contributed by atoms with Crippen molar-refractivity contribution in [2.75, 3.05) is 6.61 Å². The van der Waals surface area contributed by atoms with Crippen molar-refractivity contribution in [1.82, 2.24) is 4.98 Å². The molecule has 5 heteroatoms. The molecule has 0 atom stereocenters. The Balaban J connectivity index is 2.06. The largest absolute Gasteiger partial charge is 0.436 e. The van der Waals surface area contributed by atoms with Crippen LogP contribution in [0, 0.1) is 5.82 Å². The van der Waals surface area contributed by atoms with E-state index in [0.29, 0.717) is 28.1 Å². The molecule has 0 aliphatic heterocycles. The summed E-state index contributed by atoms with van der Waals surface area (Å²) in [5, 5.41) is 8.84. The topological polar surface area (TPSA) is 63.3 Å². The number of aliphatic hydroxyl groups is 1. The van der Waals surface area contributed by atoms with Gasteiger partial charge in [-0.1, -0.05) is 0 Å². The van der Waals surface area contributed by atoms with Crippen molar-refractivity contribution in [3.8, 4) is 11.5 Å². The first kappa shape index (κ1) is 12.5. The van der Waals surface area contributed by atoms with Gasteiger partial charge in [0.05, 0.1) is 0 Å². The van der Waals surface area contributed by atoms with Crippen molar-refractivity contribution in [3.05, 3.63) is 53.8 Å². The van der Waals surface area contributed by atoms with Gasteiger partial charge in [-0.25, -0.2) is 9.37 Å². The van der Waals surface area contributed by atoms with Crippen LogP contribution in [-0.2, 0) is 0 Å². The third-order valence-corrected chi connectivity index (χ3v) is 2.95. The molecule has 1 N–H and O–H groups in total. The average molecular weight is 271 g/mol. The number of fused-ring (bicyclic) bond motifs is 1. The Morgan fingerprint density at radius 2 is 1.95 bits per heavy atom. The molecule has 3 aromatic rings. The maximum absolute atomic E-state index is 12.9. The van der Waals surface area contributed by atoms with Gasteiger partial charge in [0, 0.05) is 11.1 Å². The summed E-state index contributed by atoms with van der Waals surface area (Å²) in [6, 6.07) is 10.6. The molecule has 1 heterocycles. The van der Waals surface area contributed by atoms with Gasteiger partial charge >= 0.3 is 0 Å². The number of oxazole rings is 1. The van der Waals surface area contributed by atoms with Crippen molar-refractivity contribution < 1.29 is 18.7 Å². The van der Waals surface area contributed by atoms with Gasteiger partial charge in [-0.05, 0) is 42.5 Å². The summed E-state index contributed by atoms with van der Waals surface area (Å²) in [5.41, 5.74) is 2.06. The van der Waals surface area contributed by atoms with Crippen LogP contribution in [0.15, 0.2) is 46.9 Å². The summed E-state index contributed by atoms with van der Waals surface area (Å²) in [6.07, 6.45) is 0. The van der Waals surface area contributed by atoms with Crippen molar-refractivity contribution in [2.24, 2.45) is 0 Å². The second kappa shape index (κ2) is 4.86. The number of halogens is 1. The molecule has 4 nitrogen and oxygen atoms in total. The molecule has 3 rings (SSSR count). The van der Waals surface area contributed by atoms with Crippen LogP contribution in [0.25, 0.3) is 22.6 Å². The molecule has 0 saturated carbocycles. The van der Waals surface area contributed by atoms with Crippen LogP contribution in [0.5, 0.6) is 0 Å². The minimum absolute atomic E-state index is 0.333. The monoisotopic (exact) mass is 271 g/mol. The van der Waals surface area contributed by atoms with E-state index in [1.807, 2.05) is 0 Å². The Kier molecular flexibility index (Phi) is 3.04. The highest BCUT2D eigenvalue weighted by molar-refractivity contribution is 5.99. The first-order valence-corrected chi connectivity index (χ1v) is 5.98. The Morgan fingerprint density at radius 3 is 2.65 bits per heavy atom. The maximum atomic E-state index is 12.9. The summed E-state index contributed by atoms with van der Waals surface area (Å²) >= 11 is 0. The normalized spacial score (nSPS) is 10.9. The lowest BCUT2D eigenvalue weighted by Gasteiger charge is -1.95. The number of carbonyl (C=O) groups excluding carboxylic acids is 1. The average Bonchev–Trinajstić information content (AvgIpc) is 2.90. The number of hydrogen-bond acceptors (Lipinski definition) is 4. The van der Waals surface area contributed by atoms with Gasteiger partial charge in [-0.3, -0.25) is 4.79 Å². The molecule has 1 aromatic heterocycles. The quantitative estimate of drug-likeness (QED) is 0.744. The minimum Gasteiger partial charge on any atom is -0.436 e. The Bertz CT molecular complexity index is 777. The smallest absolute Gasteiger partial charge is 0.227 e. The lowest BCUT2D eigenvalue weighted by Crippen LogP contribution is -2.03. The molecule has 2 aromatic carbocycles. The van der Waals surface area contributed by atoms with E-state index >= 15 is 0 Å². The van der Waals surface area contributed by atoms with Crippen molar-refractivity contribution >= 4 is 16.9 Å². The summed E-state index contributed by atoms with van der Waals surface area (Å²) in [5.74, 6) is -0.360. The van der Waals surface area contributed by atoms with Crippen LogP contribution in [0.4, 0.5) is 4.39 Å². The second-order valence-corrected chi connectivity index (χ2v) is 4.29. The fourth-order valence-electron chi connectivity index (χ4n) is 1.91. The third kappa shape index (κ3) is 2.19. The van der Waals surface area contributed by atoms with E-state index < -0.39 is 6.61 Å². The molecular weight excluding hydrogens is 261 g/mol. The lowest BCUT2D eigenvalue weighted by atomic mass is 10.1. The predicted molar refractivity (Wildman–Crippen MR) is 70.8 cm³/mol. The summed E-state index contributed by atoms with van der Waals surface area (Å²) in [6.45, 7) is -0.551. The first-order valence-electron chi connectivity index (χ1n) is 5.98. The molecular formula is C15H10FNO3. The highest BCUT2D eigenvalue weighted by Crippen LogP contribution is 2.25. The molecule has 0 spiro atoms. The maximum Gasteiger partial charge on any atom is 0.227 e. The first-order chi connectivity index (χ1) is 9.67. The Morgan fingerprint density at radius 1 is 1.20 bits per heavy atom. The summed E-state index contributed by atoms with van der Waals surface area (Å²) in [7, 11) is 0. The number of benzene rings is 2. The van der Waals surface area contributed by atoms with Gasteiger partial charge in [-0.2, -0.15) is 0 Å². The number of carbonyl (C=O) groups is 1. The highest BCUT2D eigenvalue weighted by atomic mass is 19.1. The van der Waals surface area contributed by atoms with Crippen molar-refractivity contribution in [2.45, 2.75) is 0 Å². The van der Waals surface area contributed by atoms with E-state index in [4.69, 9.17) is 9.52 Å². The van der Waals surface area contributed by atoms with Crippen LogP contribution in [0.2, 0.25) is 0 Å². The van der Waals surface area contributed by atoms with Gasteiger partial charge in [0.1, 0.15) is 17.9 Å². The molecule has 0 radical (unpaired) electrons. The van der Waals surface area contributed by atoms with E-state index in [1.165, 1.54) is 18.2 Å². The molecule has 0 bridgehead atoms. The molecule has 0 aliphatic rings. The molecule has 0 saturated heterocycles. The van der Waals surface area contributed by atoms with E-state index in [9.17, 15) is 9.18 Å². The van der Waals surface area contributed by atoms with Crippen LogP contribution in [0.1, 0.15) is 10.4 Å². The van der Waals surface area contributed by atoms with E-state index in [0.717, 1.165) is 0 Å². The minimum atomic E-state index is -0.551. The number of nitrogens with zero attached hydrogens (tertiary/aromatic N) is 1. The van der Waals surface area contributed by atoms with Gasteiger partial charge < -0.3 is 9.52 Å². The zero-order valence-electron chi connectivity index (χ0n) is 10.3. The SMILES string of the molecule is O=C(CO)c1ccc2nc(-c3ccc(F)cc3)oc2c1. The number of ketones is 1. The number of hydrogen-bond donors (Lipinski definition) is 1. The number of rotatable bonds is 3. The van der Waals surface area contributed by atoms with Gasteiger partial charge in [0.2, 0.25) is 5.89 Å². The molecule has 100 valence electrons. The number of aliphatic hydroxyl groups excluding tert-OH is 1. The Labute approximate surface area is 113 Å². The van der Waals surface area contributed by atoms with Crippen LogP contribution in [-0.4, -0.2) is 22.5 Å². The van der Waals surface area contributed by atoms with Crippen LogP contribution in [0.3, 0.4) is 0 Å². The molecule has 0 unspecified atom stereocenters. The molecule has 0 amide bonds. The summed E-state index contributed by atoms with van der Waals surface area (Å²) < 4.78 is 18.4. The lowest BCUT2D eigenvalue weighted by molar-refractivity contribution is 0.0904. The van der Waals surface area contributed by atoms with E-state index in [-0.39, 0.29) is 11.6 Å². The third-order valence-electron chi connectivity index (χ3n) is 2.95. The molecule has 0 aliphatic carbocycles. The fraction of sp³-hybridized carbons (Fsp3) is 0.0667. The van der Waals surface area contributed by atoms with E-state index in [2.05, 4.69) is 4.98 Å². The zero-order valence-corrected chi connectivity index (χ0v) is 10.3. The number of Topliss-reactive ketones (excluding diaryl/α,β-unsaturated/α-hetero) is 1. The Hall–Kier alpha value is -2.53. The van der Waals surface area contributed by atoms with Crippen molar-refractivity contribution in [1.29, 1.82) is 0 Å². The van der Waals surface area contributed by atoms with Gasteiger partial charge in [0.15, 0.2) is 11.4 Å². The number of aromatic nitrogens is 1. The molecule has 0 fully saturated rings. The summed E-state index contributed by atoms with van der Waals surface area (Å²) in [4.78, 5) is 15.7. The van der Waals surface area contributed by atoms with Crippen molar-refractivity contribution in [3.63, 3.8) is 0 Å². The highest BCUT2D eigenvalue weighted by Gasteiger charge is 2.11. The zero-order chi connectivity index (χ0) is 14.1. The van der Waals surface area contributed by atoms with E-state index in [1.54, 1.807) is 24.3 Å². The molecule has 20 heavy (non-hydrogen) atoms. The van der Waals surface area contributed by atoms with Crippen LogP contribution < -0.4 is 0 Å². The van der Waals surface area contributed by atoms with Gasteiger partial charge in [-0.15, -0.1) is 0 Å². The standard InChI is InChI=1S/C15H10FNO3/c16-11-4-1-9(2-5-11)15-17-12-6-3-10(13(19)8-18)7-14(12)20-15/h1-7,18H,8H2. The predicted octanol–water partition coefficient (Wildman–Crippen LogP) is 2.81. The fourth-order valence-corrected chi connectivity index (χ4v) is 1.91.